The summed E-state index contributed by atoms with van der Waals surface area (Å²) in [6.07, 6.45) is 0. The van der Waals surface area contributed by atoms with Gasteiger partial charge in [0.25, 0.3) is 0 Å². The van der Waals surface area contributed by atoms with Crippen LogP contribution in [0.15, 0.2) is 27.3 Å². The number of ether oxygens (including phenoxy) is 1. The highest BCUT2D eigenvalue weighted by molar-refractivity contribution is 9.10. The lowest BCUT2D eigenvalue weighted by Gasteiger charge is -1.98. The van der Waals surface area contributed by atoms with Crippen LogP contribution in [0, 0.1) is 0 Å². The maximum Gasteiger partial charge on any atom is 0.340 e. The molecule has 1 heterocycles. The lowest BCUT2D eigenvalue weighted by molar-refractivity contribution is 0.0696. The fourth-order valence-corrected chi connectivity index (χ4v) is 1.97. The second kappa shape index (κ2) is 3.58. The molecule has 0 radical (unpaired) electrons. The molecule has 0 amide bonds. The van der Waals surface area contributed by atoms with E-state index in [1.807, 2.05) is 0 Å². The second-order valence-corrected chi connectivity index (χ2v) is 3.61. The van der Waals surface area contributed by atoms with Crippen LogP contribution in [0.1, 0.15) is 10.4 Å². The Morgan fingerprint density at radius 2 is 2.27 bits per heavy atom. The number of carboxylic acid groups (broad SMARTS) is 1. The molecule has 15 heavy (non-hydrogen) atoms. The molecule has 0 saturated carbocycles. The van der Waals surface area contributed by atoms with Crippen LogP contribution < -0.4 is 4.74 Å². The van der Waals surface area contributed by atoms with Crippen LogP contribution >= 0.6 is 15.9 Å². The van der Waals surface area contributed by atoms with Crippen molar-refractivity contribution in [2.45, 2.75) is 0 Å². The molecule has 1 N–H and O–H groups in total. The number of para-hydroxylation sites is 1. The maximum absolute atomic E-state index is 11.0. The van der Waals surface area contributed by atoms with Crippen molar-refractivity contribution in [3.63, 3.8) is 0 Å². The fraction of sp³-hybridized carbons (Fsp3) is 0.100. The first kappa shape index (κ1) is 10.0. The third-order valence-electron chi connectivity index (χ3n) is 2.07. The molecule has 1 aromatic carbocycles. The Bertz CT molecular complexity index is 529. The molecular formula is C10H7BrO4. The van der Waals surface area contributed by atoms with E-state index in [-0.39, 0.29) is 10.2 Å². The Labute approximate surface area is 93.6 Å². The van der Waals surface area contributed by atoms with E-state index in [1.165, 1.54) is 7.11 Å². The van der Waals surface area contributed by atoms with Crippen LogP contribution in [0.25, 0.3) is 11.0 Å². The molecule has 2 rings (SSSR count). The maximum atomic E-state index is 11.0. The van der Waals surface area contributed by atoms with Gasteiger partial charge in [-0.1, -0.05) is 6.07 Å². The zero-order valence-corrected chi connectivity index (χ0v) is 9.37. The Kier molecular flexibility index (Phi) is 2.40. The van der Waals surface area contributed by atoms with E-state index in [0.29, 0.717) is 16.7 Å². The number of aromatic carboxylic acids is 1. The van der Waals surface area contributed by atoms with Crippen molar-refractivity contribution in [1.29, 1.82) is 0 Å². The van der Waals surface area contributed by atoms with Crippen molar-refractivity contribution in [3.8, 4) is 5.75 Å². The molecule has 0 unspecified atom stereocenters. The van der Waals surface area contributed by atoms with E-state index in [9.17, 15) is 4.79 Å². The first-order valence-electron chi connectivity index (χ1n) is 4.13. The predicted octanol–water partition coefficient (Wildman–Crippen LogP) is 2.90. The molecule has 0 spiro atoms. The monoisotopic (exact) mass is 270 g/mol. The number of halogens is 1. The summed E-state index contributed by atoms with van der Waals surface area (Å²) < 4.78 is 10.6. The molecule has 0 saturated heterocycles. The molecule has 0 bridgehead atoms. The van der Waals surface area contributed by atoms with Crippen LogP contribution in [0.2, 0.25) is 0 Å². The zero-order valence-electron chi connectivity index (χ0n) is 7.78. The van der Waals surface area contributed by atoms with Crippen molar-refractivity contribution >= 4 is 32.9 Å². The van der Waals surface area contributed by atoms with Crippen molar-refractivity contribution in [2.75, 3.05) is 7.11 Å². The average molecular weight is 271 g/mol. The van der Waals surface area contributed by atoms with Crippen LogP contribution in [0.4, 0.5) is 0 Å². The lowest BCUT2D eigenvalue weighted by Crippen LogP contribution is -1.95. The molecule has 2 aromatic rings. The van der Waals surface area contributed by atoms with E-state index >= 15 is 0 Å². The van der Waals surface area contributed by atoms with Crippen LogP contribution in [-0.2, 0) is 0 Å². The minimum Gasteiger partial charge on any atom is -0.493 e. The zero-order chi connectivity index (χ0) is 11.0. The number of methoxy groups -OCH3 is 1. The van der Waals surface area contributed by atoms with Gasteiger partial charge in [0.05, 0.1) is 7.11 Å². The quantitative estimate of drug-likeness (QED) is 0.912. The Balaban J connectivity index is 2.84. The SMILES string of the molecule is COc1cccc2c(C(=O)O)c(Br)oc12. The third kappa shape index (κ3) is 1.48. The third-order valence-corrected chi connectivity index (χ3v) is 2.63. The van der Waals surface area contributed by atoms with Gasteiger partial charge in [-0.15, -0.1) is 0 Å². The first-order chi connectivity index (χ1) is 7.15. The highest BCUT2D eigenvalue weighted by Crippen LogP contribution is 2.35. The van der Waals surface area contributed by atoms with E-state index in [4.69, 9.17) is 14.3 Å². The first-order valence-corrected chi connectivity index (χ1v) is 4.92. The number of rotatable bonds is 2. The summed E-state index contributed by atoms with van der Waals surface area (Å²) in [7, 11) is 1.51. The van der Waals surface area contributed by atoms with E-state index < -0.39 is 5.97 Å². The molecule has 4 nitrogen and oxygen atoms in total. The molecule has 78 valence electrons. The van der Waals surface area contributed by atoms with Crippen molar-refractivity contribution in [2.24, 2.45) is 0 Å². The van der Waals surface area contributed by atoms with Crippen molar-refractivity contribution in [3.05, 3.63) is 28.4 Å². The second-order valence-electron chi connectivity index (χ2n) is 2.89. The molecule has 0 aliphatic rings. The van der Waals surface area contributed by atoms with E-state index in [1.54, 1.807) is 18.2 Å². The molecular weight excluding hydrogens is 264 g/mol. The highest BCUT2D eigenvalue weighted by atomic mass is 79.9. The molecule has 0 aliphatic carbocycles. The van der Waals surface area contributed by atoms with Gasteiger partial charge < -0.3 is 14.3 Å². The Morgan fingerprint density at radius 1 is 1.53 bits per heavy atom. The molecule has 0 aliphatic heterocycles. The van der Waals surface area contributed by atoms with Gasteiger partial charge in [0, 0.05) is 5.39 Å². The molecule has 0 atom stereocenters. The van der Waals surface area contributed by atoms with Gasteiger partial charge >= 0.3 is 5.97 Å². The largest absolute Gasteiger partial charge is 0.493 e. The lowest BCUT2D eigenvalue weighted by atomic mass is 10.2. The van der Waals surface area contributed by atoms with Crippen LogP contribution in [-0.4, -0.2) is 18.2 Å². The Morgan fingerprint density at radius 3 is 2.87 bits per heavy atom. The predicted molar refractivity (Wildman–Crippen MR) is 57.4 cm³/mol. The van der Waals surface area contributed by atoms with Crippen molar-refractivity contribution in [1.82, 2.24) is 0 Å². The van der Waals surface area contributed by atoms with Crippen LogP contribution in [0.3, 0.4) is 0 Å². The minimum atomic E-state index is -1.03. The van der Waals surface area contributed by atoms with Crippen molar-refractivity contribution < 1.29 is 19.1 Å². The van der Waals surface area contributed by atoms with E-state index in [0.717, 1.165) is 0 Å². The number of benzene rings is 1. The standard InChI is InChI=1S/C10H7BrO4/c1-14-6-4-2-3-5-7(10(12)13)9(11)15-8(5)6/h2-4H,1H3,(H,12,13). The summed E-state index contributed by atoms with van der Waals surface area (Å²) in [5.74, 6) is -0.519. The summed E-state index contributed by atoms with van der Waals surface area (Å²) in [6.45, 7) is 0. The number of carbonyl (C=O) groups is 1. The smallest absolute Gasteiger partial charge is 0.340 e. The summed E-state index contributed by atoms with van der Waals surface area (Å²) in [6, 6.07) is 5.11. The summed E-state index contributed by atoms with van der Waals surface area (Å²) in [5.41, 5.74) is 0.549. The minimum absolute atomic E-state index is 0.115. The summed E-state index contributed by atoms with van der Waals surface area (Å²) in [5, 5.41) is 9.51. The highest BCUT2D eigenvalue weighted by Gasteiger charge is 2.20. The number of carboxylic acids is 1. The van der Waals surface area contributed by atoms with Gasteiger partial charge in [-0.05, 0) is 28.1 Å². The van der Waals surface area contributed by atoms with Gasteiger partial charge in [-0.3, -0.25) is 0 Å². The van der Waals surface area contributed by atoms with Crippen LogP contribution in [0.5, 0.6) is 5.75 Å². The average Bonchev–Trinajstić information content (AvgIpc) is 2.53. The number of hydrogen-bond acceptors (Lipinski definition) is 3. The van der Waals surface area contributed by atoms with Gasteiger partial charge in [0.2, 0.25) is 0 Å². The van der Waals surface area contributed by atoms with E-state index in [2.05, 4.69) is 15.9 Å². The molecule has 5 heteroatoms. The van der Waals surface area contributed by atoms with Gasteiger partial charge in [-0.2, -0.15) is 0 Å². The normalized spacial score (nSPS) is 10.5. The fourth-order valence-electron chi connectivity index (χ4n) is 1.42. The summed E-state index contributed by atoms with van der Waals surface area (Å²) >= 11 is 3.07. The number of fused-ring (bicyclic) bond motifs is 1. The Hall–Kier alpha value is -1.49. The number of hydrogen-bond donors (Lipinski definition) is 1. The molecule has 0 fully saturated rings. The van der Waals surface area contributed by atoms with Gasteiger partial charge in [-0.25, -0.2) is 4.79 Å². The summed E-state index contributed by atoms with van der Waals surface area (Å²) in [4.78, 5) is 11.0. The van der Waals surface area contributed by atoms with Gasteiger partial charge in [0.15, 0.2) is 16.0 Å². The molecule has 1 aromatic heterocycles. The number of furan rings is 1. The van der Waals surface area contributed by atoms with Gasteiger partial charge in [0.1, 0.15) is 5.56 Å². The topological polar surface area (TPSA) is 59.7 Å².